The molecule has 9 heteroatoms. The topological polar surface area (TPSA) is 76.4 Å². The molecule has 2 aliphatic rings. The second kappa shape index (κ2) is 6.31. The molecule has 2 bridgehead atoms. The summed E-state index contributed by atoms with van der Waals surface area (Å²) in [6.45, 7) is 0. The van der Waals surface area contributed by atoms with E-state index in [0.29, 0.717) is 23.9 Å². The highest BCUT2D eigenvalue weighted by Crippen LogP contribution is 2.31. The smallest absolute Gasteiger partial charge is 0.417 e. The summed E-state index contributed by atoms with van der Waals surface area (Å²) in [7, 11) is 0. The normalized spacial score (nSPS) is 24.7. The van der Waals surface area contributed by atoms with E-state index >= 15 is 0 Å². The van der Waals surface area contributed by atoms with Crippen molar-refractivity contribution in [1.82, 2.24) is 15.6 Å². The Morgan fingerprint density at radius 1 is 1.27 bits per heavy atom. The number of amides is 1. The molecule has 0 saturated carbocycles. The fourth-order valence-electron chi connectivity index (χ4n) is 3.44. The third-order valence-corrected chi connectivity index (χ3v) is 4.71. The highest BCUT2D eigenvalue weighted by atomic mass is 19.4. The lowest BCUT2D eigenvalue weighted by atomic mass is 9.95. The van der Waals surface area contributed by atoms with Crippen LogP contribution in [0.1, 0.15) is 35.3 Å². The Kier molecular flexibility index (Phi) is 4.10. The van der Waals surface area contributed by atoms with E-state index in [0.717, 1.165) is 19.3 Å². The Morgan fingerprint density at radius 2 is 2.04 bits per heavy atom. The van der Waals surface area contributed by atoms with Crippen molar-refractivity contribution in [2.24, 2.45) is 0 Å². The molecule has 2 aliphatic heterocycles. The molecule has 4 rings (SSSR count). The quantitative estimate of drug-likeness (QED) is 0.868. The average molecular weight is 367 g/mol. The fraction of sp³-hybridized carbons (Fsp3) is 0.412. The fourth-order valence-corrected chi connectivity index (χ4v) is 3.44. The maximum absolute atomic E-state index is 12.5. The van der Waals surface area contributed by atoms with Gasteiger partial charge in [-0.2, -0.15) is 18.2 Å². The molecule has 2 fully saturated rings. The minimum absolute atomic E-state index is 0.130. The van der Waals surface area contributed by atoms with Crippen LogP contribution in [0.15, 0.2) is 34.9 Å². The molecule has 0 aliphatic carbocycles. The molecule has 2 N–H and O–H groups in total. The van der Waals surface area contributed by atoms with E-state index in [1.165, 1.54) is 12.1 Å². The SMILES string of the molecule is O=C(NC1CC2CCC1N2)c1ccc(Oc2nc(C(F)(F)F)co2)cc1. The molecule has 26 heavy (non-hydrogen) atoms. The van der Waals surface area contributed by atoms with Gasteiger partial charge in [-0.25, -0.2) is 0 Å². The van der Waals surface area contributed by atoms with Crippen LogP contribution in [0.5, 0.6) is 11.8 Å². The van der Waals surface area contributed by atoms with Gasteiger partial charge in [-0.1, -0.05) is 0 Å². The Balaban J connectivity index is 1.37. The third-order valence-electron chi connectivity index (χ3n) is 4.71. The monoisotopic (exact) mass is 367 g/mol. The van der Waals surface area contributed by atoms with Crippen LogP contribution in [0.25, 0.3) is 0 Å². The first-order chi connectivity index (χ1) is 12.4. The van der Waals surface area contributed by atoms with Crippen LogP contribution in [0, 0.1) is 0 Å². The molecule has 1 amide bonds. The van der Waals surface area contributed by atoms with Crippen molar-refractivity contribution >= 4 is 5.91 Å². The van der Waals surface area contributed by atoms with Crippen LogP contribution < -0.4 is 15.4 Å². The summed E-state index contributed by atoms with van der Waals surface area (Å²) >= 11 is 0. The second-order valence-corrected chi connectivity index (χ2v) is 6.49. The number of halogens is 3. The van der Waals surface area contributed by atoms with Gasteiger partial charge in [-0.05, 0) is 43.5 Å². The lowest BCUT2D eigenvalue weighted by Crippen LogP contribution is -2.42. The van der Waals surface area contributed by atoms with Crippen molar-refractivity contribution in [3.63, 3.8) is 0 Å². The zero-order valence-electron chi connectivity index (χ0n) is 13.5. The Hall–Kier alpha value is -2.55. The zero-order valence-corrected chi connectivity index (χ0v) is 13.5. The molecule has 3 unspecified atom stereocenters. The molecule has 3 atom stereocenters. The lowest BCUT2D eigenvalue weighted by molar-refractivity contribution is -0.141. The number of hydrogen-bond acceptors (Lipinski definition) is 5. The number of alkyl halides is 3. The largest absolute Gasteiger partial charge is 0.436 e. The molecule has 138 valence electrons. The zero-order chi connectivity index (χ0) is 18.3. The molecule has 0 radical (unpaired) electrons. The van der Waals surface area contributed by atoms with Crippen LogP contribution in [-0.4, -0.2) is 29.0 Å². The van der Waals surface area contributed by atoms with Gasteiger partial charge in [0.15, 0.2) is 5.69 Å². The molecular weight excluding hydrogens is 351 g/mol. The van der Waals surface area contributed by atoms with Gasteiger partial charge in [0.25, 0.3) is 5.91 Å². The minimum atomic E-state index is -4.60. The van der Waals surface area contributed by atoms with Crippen LogP contribution in [0.4, 0.5) is 13.2 Å². The highest BCUT2D eigenvalue weighted by molar-refractivity contribution is 5.94. The molecule has 2 aromatic rings. The van der Waals surface area contributed by atoms with Gasteiger partial charge in [0.1, 0.15) is 12.0 Å². The number of hydrogen-bond donors (Lipinski definition) is 2. The Labute approximate surface area is 146 Å². The predicted molar refractivity (Wildman–Crippen MR) is 83.8 cm³/mol. The number of oxazole rings is 1. The number of nitrogens with zero attached hydrogens (tertiary/aromatic N) is 1. The number of nitrogens with one attached hydrogen (secondary N) is 2. The summed E-state index contributed by atoms with van der Waals surface area (Å²) in [5.41, 5.74) is -0.716. The van der Waals surface area contributed by atoms with Crippen LogP contribution in [0.2, 0.25) is 0 Å². The van der Waals surface area contributed by atoms with E-state index in [9.17, 15) is 18.0 Å². The van der Waals surface area contributed by atoms with Gasteiger partial charge in [-0.15, -0.1) is 0 Å². The standard InChI is InChI=1S/C17H16F3N3O3/c18-17(19,20)14-8-25-16(23-14)26-11-4-1-9(2-5-11)15(24)22-13-7-10-3-6-12(13)21-10/h1-2,4-5,8,10,12-13,21H,3,6-7H2,(H,22,24). The maximum Gasteiger partial charge on any atom is 0.436 e. The Morgan fingerprint density at radius 3 is 2.62 bits per heavy atom. The van der Waals surface area contributed by atoms with E-state index in [1.807, 2.05) is 0 Å². The number of carbonyl (C=O) groups is 1. The van der Waals surface area contributed by atoms with Gasteiger partial charge in [0.2, 0.25) is 0 Å². The van der Waals surface area contributed by atoms with Crippen molar-refractivity contribution in [2.45, 2.75) is 43.6 Å². The van der Waals surface area contributed by atoms with Crippen molar-refractivity contribution in [1.29, 1.82) is 0 Å². The first-order valence-electron chi connectivity index (χ1n) is 8.26. The minimum Gasteiger partial charge on any atom is -0.417 e. The summed E-state index contributed by atoms with van der Waals surface area (Å²) in [6.07, 6.45) is -1.47. The first-order valence-corrected chi connectivity index (χ1v) is 8.26. The summed E-state index contributed by atoms with van der Waals surface area (Å²) in [6, 6.07) is 6.99. The molecule has 0 spiro atoms. The average Bonchev–Trinajstić information content (AvgIpc) is 3.31. The summed E-state index contributed by atoms with van der Waals surface area (Å²) in [4.78, 5) is 15.5. The van der Waals surface area contributed by atoms with Crippen LogP contribution in [0.3, 0.4) is 0 Å². The first kappa shape index (κ1) is 16.9. The number of rotatable bonds is 4. The number of carbonyl (C=O) groups excluding carboxylic acids is 1. The number of fused-ring (bicyclic) bond motifs is 2. The van der Waals surface area contributed by atoms with Gasteiger partial charge < -0.3 is 19.8 Å². The number of benzene rings is 1. The molecule has 1 aromatic carbocycles. The molecule has 1 aromatic heterocycles. The van der Waals surface area contributed by atoms with Crippen molar-refractivity contribution in [3.8, 4) is 11.8 Å². The van der Waals surface area contributed by atoms with E-state index in [1.54, 1.807) is 12.1 Å². The maximum atomic E-state index is 12.5. The van der Waals surface area contributed by atoms with Crippen molar-refractivity contribution < 1.29 is 27.1 Å². The summed E-state index contributed by atoms with van der Waals surface area (Å²) in [5.74, 6) is 0.0325. The van der Waals surface area contributed by atoms with E-state index in [-0.39, 0.29) is 17.7 Å². The van der Waals surface area contributed by atoms with Crippen LogP contribution in [-0.2, 0) is 6.18 Å². The second-order valence-electron chi connectivity index (χ2n) is 6.49. The van der Waals surface area contributed by atoms with Gasteiger partial charge >= 0.3 is 12.3 Å². The van der Waals surface area contributed by atoms with Gasteiger partial charge in [0, 0.05) is 23.7 Å². The van der Waals surface area contributed by atoms with Crippen molar-refractivity contribution in [3.05, 3.63) is 41.8 Å². The van der Waals surface area contributed by atoms with Crippen LogP contribution >= 0.6 is 0 Å². The van der Waals surface area contributed by atoms with Gasteiger partial charge in [0.05, 0.1) is 0 Å². The van der Waals surface area contributed by atoms with Gasteiger partial charge in [-0.3, -0.25) is 4.79 Å². The third kappa shape index (κ3) is 3.39. The van der Waals surface area contributed by atoms with E-state index in [4.69, 9.17) is 4.74 Å². The van der Waals surface area contributed by atoms with E-state index in [2.05, 4.69) is 20.0 Å². The summed E-state index contributed by atoms with van der Waals surface area (Å²) in [5, 5.41) is 6.47. The predicted octanol–water partition coefficient (Wildman–Crippen LogP) is 3.11. The summed E-state index contributed by atoms with van der Waals surface area (Å²) < 4.78 is 47.2. The molecule has 6 nitrogen and oxygen atoms in total. The van der Waals surface area contributed by atoms with Crippen molar-refractivity contribution in [2.75, 3.05) is 0 Å². The lowest BCUT2D eigenvalue weighted by Gasteiger charge is -2.21. The van der Waals surface area contributed by atoms with E-state index < -0.39 is 17.9 Å². The highest BCUT2D eigenvalue weighted by Gasteiger charge is 2.39. The molecule has 3 heterocycles. The Bertz CT molecular complexity index is 804. The molecular formula is C17H16F3N3O3. The molecule has 2 saturated heterocycles. The number of ether oxygens (including phenoxy) is 1. The number of aromatic nitrogens is 1.